The Morgan fingerprint density at radius 3 is 2.50 bits per heavy atom. The number of aromatic nitrogens is 3. The van der Waals surface area contributed by atoms with Crippen LogP contribution in [0, 0.1) is 5.21 Å². The summed E-state index contributed by atoms with van der Waals surface area (Å²) in [5.74, 6) is 0.384. The zero-order valence-electron chi connectivity index (χ0n) is 9.05. The average molecular weight is 369 g/mol. The molecule has 0 saturated carbocycles. The Balaban J connectivity index is 2.27. The molecule has 2 heterocycles. The summed E-state index contributed by atoms with van der Waals surface area (Å²) in [7, 11) is 0. The van der Waals surface area contributed by atoms with E-state index in [1.54, 1.807) is 12.3 Å². The fraction of sp³-hybridized carbons (Fsp3) is 0. The van der Waals surface area contributed by atoms with Crippen LogP contribution in [0.2, 0.25) is 0 Å². The predicted molar refractivity (Wildman–Crippen MR) is 75.0 cm³/mol. The summed E-state index contributed by atoms with van der Waals surface area (Å²) in [5.41, 5.74) is 1.38. The highest BCUT2D eigenvalue weighted by atomic mass is 79.9. The van der Waals surface area contributed by atoms with Crippen molar-refractivity contribution in [2.75, 3.05) is 0 Å². The first-order chi connectivity index (χ1) is 8.66. The van der Waals surface area contributed by atoms with Crippen molar-refractivity contribution in [3.8, 4) is 11.4 Å². The predicted octanol–water partition coefficient (Wildman–Crippen LogP) is 3.16. The van der Waals surface area contributed by atoms with Gasteiger partial charge in [0, 0.05) is 4.47 Å². The van der Waals surface area contributed by atoms with Crippen molar-refractivity contribution in [3.63, 3.8) is 0 Å². The zero-order valence-corrected chi connectivity index (χ0v) is 12.2. The van der Waals surface area contributed by atoms with E-state index in [0.717, 1.165) is 19.4 Å². The van der Waals surface area contributed by atoms with Crippen molar-refractivity contribution >= 4 is 37.5 Å². The number of hydrogen-bond acceptors (Lipinski definition) is 2. The third kappa shape index (κ3) is 1.81. The largest absolute Gasteiger partial charge is 0.692 e. The van der Waals surface area contributed by atoms with E-state index in [1.165, 1.54) is 4.52 Å². The van der Waals surface area contributed by atoms with E-state index in [1.807, 2.05) is 30.3 Å². The molecule has 0 N–H and O–H groups in total. The lowest BCUT2D eigenvalue weighted by molar-refractivity contribution is -0.667. The number of hydrogen-bond donors (Lipinski definition) is 0. The van der Waals surface area contributed by atoms with E-state index >= 15 is 0 Å². The van der Waals surface area contributed by atoms with Crippen LogP contribution in [0.25, 0.3) is 17.0 Å². The number of nitrogens with zero attached hydrogens (tertiary/aromatic N) is 3. The van der Waals surface area contributed by atoms with Gasteiger partial charge < -0.3 is 5.21 Å². The summed E-state index contributed by atoms with van der Waals surface area (Å²) < 4.78 is 3.22. The van der Waals surface area contributed by atoms with Gasteiger partial charge in [0.2, 0.25) is 0 Å². The highest BCUT2D eigenvalue weighted by Gasteiger charge is 2.19. The minimum atomic E-state index is 0.384. The lowest BCUT2D eigenvalue weighted by Crippen LogP contribution is -2.34. The second kappa shape index (κ2) is 4.37. The topological polar surface area (TPSA) is 44.2 Å². The van der Waals surface area contributed by atoms with Crippen LogP contribution in [0.4, 0.5) is 0 Å². The first kappa shape index (κ1) is 11.7. The van der Waals surface area contributed by atoms with E-state index in [4.69, 9.17) is 0 Å². The molecule has 0 spiro atoms. The van der Waals surface area contributed by atoms with E-state index < -0.39 is 0 Å². The Morgan fingerprint density at radius 2 is 1.83 bits per heavy atom. The summed E-state index contributed by atoms with van der Waals surface area (Å²) in [6.07, 6.45) is 1.68. The second-order valence-electron chi connectivity index (χ2n) is 3.74. The van der Waals surface area contributed by atoms with Crippen LogP contribution in [0.15, 0.2) is 51.5 Å². The van der Waals surface area contributed by atoms with Crippen LogP contribution in [0.3, 0.4) is 0 Å². The van der Waals surface area contributed by atoms with Crippen LogP contribution < -0.4 is 4.85 Å². The van der Waals surface area contributed by atoms with Gasteiger partial charge in [-0.2, -0.15) is 0 Å². The van der Waals surface area contributed by atoms with Crippen LogP contribution in [0.1, 0.15) is 0 Å². The molecule has 2 aromatic heterocycles. The van der Waals surface area contributed by atoms with Gasteiger partial charge in [-0.1, -0.05) is 15.9 Å². The third-order valence-electron chi connectivity index (χ3n) is 2.59. The van der Waals surface area contributed by atoms with Gasteiger partial charge >= 0.3 is 5.82 Å². The van der Waals surface area contributed by atoms with Gasteiger partial charge in [0.15, 0.2) is 0 Å². The first-order valence-corrected chi connectivity index (χ1v) is 6.78. The maximum atomic E-state index is 12.2. The van der Waals surface area contributed by atoms with Crippen molar-refractivity contribution in [2.24, 2.45) is 0 Å². The van der Waals surface area contributed by atoms with Gasteiger partial charge in [0.1, 0.15) is 0 Å². The van der Waals surface area contributed by atoms with Gasteiger partial charge in [-0.25, -0.2) is 0 Å². The summed E-state index contributed by atoms with van der Waals surface area (Å²) in [4.78, 5) is 5.14. The Hall–Kier alpha value is -1.40. The van der Waals surface area contributed by atoms with Crippen LogP contribution in [-0.4, -0.2) is 9.50 Å². The van der Waals surface area contributed by atoms with E-state index in [2.05, 4.69) is 36.8 Å². The summed E-state index contributed by atoms with van der Waals surface area (Å²) in [6, 6.07) is 11.1. The molecule has 0 aliphatic rings. The molecule has 0 aliphatic heterocycles. The zero-order chi connectivity index (χ0) is 12.7. The lowest BCUT2D eigenvalue weighted by Gasteiger charge is -2.01. The molecule has 0 saturated heterocycles. The van der Waals surface area contributed by atoms with Crippen molar-refractivity contribution < 1.29 is 4.85 Å². The van der Waals surface area contributed by atoms with Crippen molar-refractivity contribution in [1.82, 2.24) is 9.50 Å². The summed E-state index contributed by atoms with van der Waals surface area (Å²) in [6.45, 7) is 0. The van der Waals surface area contributed by atoms with Crippen molar-refractivity contribution in [3.05, 3.63) is 56.7 Å². The maximum Gasteiger partial charge on any atom is 0.355 e. The van der Waals surface area contributed by atoms with E-state index in [9.17, 15) is 5.21 Å². The SMILES string of the molecule is [O-][n+]1c(-c2ccc(Br)cc2)nc2c(Br)cccn21. The Kier molecular flexibility index (Phi) is 2.83. The minimum absolute atomic E-state index is 0.384. The van der Waals surface area contributed by atoms with Gasteiger partial charge in [-0.3, -0.25) is 0 Å². The van der Waals surface area contributed by atoms with Crippen LogP contribution in [-0.2, 0) is 0 Å². The van der Waals surface area contributed by atoms with Gasteiger partial charge in [0.05, 0.1) is 16.2 Å². The van der Waals surface area contributed by atoms with E-state index in [-0.39, 0.29) is 0 Å². The third-order valence-corrected chi connectivity index (χ3v) is 3.74. The molecule has 90 valence electrons. The molecule has 0 fully saturated rings. The molecule has 0 unspecified atom stereocenters. The van der Waals surface area contributed by atoms with Crippen LogP contribution >= 0.6 is 31.9 Å². The highest BCUT2D eigenvalue weighted by Crippen LogP contribution is 2.21. The standard InChI is InChI=1S/C12H7Br2N3O/c13-9-5-3-8(4-6-9)11-15-12-10(14)2-1-7-16(12)17(11)18/h1-7H. The molecule has 0 atom stereocenters. The maximum absolute atomic E-state index is 12.2. The van der Waals surface area contributed by atoms with Gasteiger partial charge in [0.25, 0.3) is 5.65 Å². The molecule has 3 aromatic rings. The molecule has 0 amide bonds. The molecular formula is C12H7Br2N3O. The molecular weight excluding hydrogens is 362 g/mol. The van der Waals surface area contributed by atoms with Crippen LogP contribution in [0.5, 0.6) is 0 Å². The number of fused-ring (bicyclic) bond motifs is 1. The Bertz CT molecular complexity index is 722. The van der Waals surface area contributed by atoms with Crippen molar-refractivity contribution in [2.45, 2.75) is 0 Å². The fourth-order valence-electron chi connectivity index (χ4n) is 1.73. The normalized spacial score (nSPS) is 11.0. The smallest absolute Gasteiger partial charge is 0.355 e. The number of pyridine rings is 1. The molecule has 0 radical (unpaired) electrons. The molecule has 0 bridgehead atoms. The summed E-state index contributed by atoms with van der Waals surface area (Å²) in [5, 5.41) is 12.2. The molecule has 3 rings (SSSR count). The highest BCUT2D eigenvalue weighted by molar-refractivity contribution is 9.10. The molecule has 18 heavy (non-hydrogen) atoms. The average Bonchev–Trinajstić information content (AvgIpc) is 2.70. The minimum Gasteiger partial charge on any atom is -0.692 e. The fourth-order valence-corrected chi connectivity index (χ4v) is 2.42. The second-order valence-corrected chi connectivity index (χ2v) is 5.51. The summed E-state index contributed by atoms with van der Waals surface area (Å²) >= 11 is 6.75. The van der Waals surface area contributed by atoms with Gasteiger partial charge in [-0.05, 0) is 57.3 Å². The first-order valence-electron chi connectivity index (χ1n) is 5.19. The van der Waals surface area contributed by atoms with Crippen molar-refractivity contribution in [1.29, 1.82) is 0 Å². The molecule has 0 aliphatic carbocycles. The number of benzene rings is 1. The van der Waals surface area contributed by atoms with Gasteiger partial charge in [-0.15, -0.1) is 9.36 Å². The molecule has 6 heteroatoms. The monoisotopic (exact) mass is 367 g/mol. The van der Waals surface area contributed by atoms with E-state index in [0.29, 0.717) is 11.5 Å². The Morgan fingerprint density at radius 1 is 1.11 bits per heavy atom. The number of rotatable bonds is 1. The number of halogens is 2. The lowest BCUT2D eigenvalue weighted by atomic mass is 10.2. The Labute approximate surface area is 120 Å². The molecule has 1 aromatic carbocycles. The quantitative estimate of drug-likeness (QED) is 0.489. The molecule has 4 nitrogen and oxygen atoms in total.